The highest BCUT2D eigenvalue weighted by Gasteiger charge is 2.22. The first kappa shape index (κ1) is 18.3. The lowest BCUT2D eigenvalue weighted by atomic mass is 9.95. The largest absolute Gasteiger partial charge is 0.299 e. The highest BCUT2D eigenvalue weighted by atomic mass is 19.2. The van der Waals surface area contributed by atoms with Gasteiger partial charge in [0.1, 0.15) is 0 Å². The standard InChI is InChI=1S/C21H25F2N3O/c22-18-6-5-16(11-19(18)23)13-25-9-7-15(8-10-25)14-26-21(27)12-17-3-1-2-4-20(17)24-26/h5-6,11-12,15H,1-4,7-10,13-14H2. The second-order valence-electron chi connectivity index (χ2n) is 7.81. The minimum Gasteiger partial charge on any atom is -0.299 e. The van der Waals surface area contributed by atoms with Crippen molar-refractivity contribution in [2.45, 2.75) is 51.6 Å². The lowest BCUT2D eigenvalue weighted by Gasteiger charge is -2.32. The molecule has 1 aromatic heterocycles. The molecule has 144 valence electrons. The highest BCUT2D eigenvalue weighted by Crippen LogP contribution is 2.22. The summed E-state index contributed by atoms with van der Waals surface area (Å²) in [5.74, 6) is -1.17. The number of hydrogen-bond acceptors (Lipinski definition) is 3. The SMILES string of the molecule is O=c1cc2c(nn1CC1CCN(Cc3ccc(F)c(F)c3)CC1)CCCC2. The molecule has 2 aliphatic rings. The number of hydrogen-bond donors (Lipinski definition) is 0. The van der Waals surface area contributed by atoms with Crippen LogP contribution in [0.4, 0.5) is 8.78 Å². The normalized spacial score (nSPS) is 18.4. The van der Waals surface area contributed by atoms with Crippen molar-refractivity contribution >= 4 is 0 Å². The molecule has 4 rings (SSSR count). The van der Waals surface area contributed by atoms with Crippen LogP contribution in [0.2, 0.25) is 0 Å². The zero-order valence-electron chi connectivity index (χ0n) is 15.5. The Hall–Kier alpha value is -2.08. The van der Waals surface area contributed by atoms with Gasteiger partial charge in [0.2, 0.25) is 0 Å². The van der Waals surface area contributed by atoms with Crippen molar-refractivity contribution < 1.29 is 8.78 Å². The molecule has 0 atom stereocenters. The van der Waals surface area contributed by atoms with E-state index < -0.39 is 11.6 Å². The van der Waals surface area contributed by atoms with Gasteiger partial charge < -0.3 is 0 Å². The van der Waals surface area contributed by atoms with Crippen LogP contribution >= 0.6 is 0 Å². The van der Waals surface area contributed by atoms with Crippen LogP contribution in [0.15, 0.2) is 29.1 Å². The first-order valence-electron chi connectivity index (χ1n) is 9.85. The molecule has 1 aromatic carbocycles. The van der Waals surface area contributed by atoms with Crippen molar-refractivity contribution in [3.05, 3.63) is 63.1 Å². The Morgan fingerprint density at radius 3 is 2.59 bits per heavy atom. The Balaban J connectivity index is 1.34. The van der Waals surface area contributed by atoms with E-state index in [0.29, 0.717) is 19.0 Å². The van der Waals surface area contributed by atoms with E-state index in [4.69, 9.17) is 0 Å². The van der Waals surface area contributed by atoms with Crippen molar-refractivity contribution in [3.63, 3.8) is 0 Å². The number of aromatic nitrogens is 2. The predicted molar refractivity (Wildman–Crippen MR) is 99.5 cm³/mol. The molecule has 0 amide bonds. The van der Waals surface area contributed by atoms with Gasteiger partial charge in [0.05, 0.1) is 5.69 Å². The molecule has 0 radical (unpaired) electrons. The Morgan fingerprint density at radius 1 is 1.04 bits per heavy atom. The molecular formula is C21H25F2N3O. The summed E-state index contributed by atoms with van der Waals surface area (Å²) < 4.78 is 28.1. The number of benzene rings is 1. The van der Waals surface area contributed by atoms with Gasteiger partial charge >= 0.3 is 0 Å². The number of rotatable bonds is 4. The van der Waals surface area contributed by atoms with E-state index in [2.05, 4.69) is 10.00 Å². The fourth-order valence-corrected chi connectivity index (χ4v) is 4.20. The van der Waals surface area contributed by atoms with Gasteiger partial charge in [0.25, 0.3) is 5.56 Å². The first-order valence-corrected chi connectivity index (χ1v) is 9.85. The zero-order valence-corrected chi connectivity index (χ0v) is 15.5. The second-order valence-corrected chi connectivity index (χ2v) is 7.81. The Morgan fingerprint density at radius 2 is 1.81 bits per heavy atom. The van der Waals surface area contributed by atoms with Gasteiger partial charge in [-0.2, -0.15) is 5.10 Å². The van der Waals surface area contributed by atoms with E-state index in [-0.39, 0.29) is 5.56 Å². The van der Waals surface area contributed by atoms with Crippen molar-refractivity contribution in [3.8, 4) is 0 Å². The molecule has 4 nitrogen and oxygen atoms in total. The van der Waals surface area contributed by atoms with Gasteiger partial charge in [-0.25, -0.2) is 13.5 Å². The van der Waals surface area contributed by atoms with E-state index in [9.17, 15) is 13.6 Å². The summed E-state index contributed by atoms with van der Waals surface area (Å²) in [4.78, 5) is 14.6. The molecule has 0 spiro atoms. The fraction of sp³-hybridized carbons (Fsp3) is 0.524. The molecule has 0 N–H and O–H groups in total. The summed E-state index contributed by atoms with van der Waals surface area (Å²) in [6.45, 7) is 3.08. The molecule has 1 aliphatic carbocycles. The molecule has 0 saturated carbocycles. The molecule has 1 aliphatic heterocycles. The van der Waals surface area contributed by atoms with Crippen LogP contribution in [0.5, 0.6) is 0 Å². The molecule has 1 saturated heterocycles. The smallest absolute Gasteiger partial charge is 0.267 e. The van der Waals surface area contributed by atoms with Crippen LogP contribution in [0.1, 0.15) is 42.5 Å². The van der Waals surface area contributed by atoms with E-state index in [1.165, 1.54) is 12.1 Å². The maximum atomic E-state index is 13.4. The molecule has 2 heterocycles. The summed E-state index contributed by atoms with van der Waals surface area (Å²) in [5, 5.41) is 4.63. The molecule has 0 bridgehead atoms. The maximum absolute atomic E-state index is 13.4. The van der Waals surface area contributed by atoms with Gasteiger partial charge in [-0.15, -0.1) is 0 Å². The van der Waals surface area contributed by atoms with Crippen LogP contribution in [0, 0.1) is 17.6 Å². The summed E-state index contributed by atoms with van der Waals surface area (Å²) >= 11 is 0. The number of halogens is 2. The maximum Gasteiger partial charge on any atom is 0.267 e. The van der Waals surface area contributed by atoms with Crippen LogP contribution in [-0.4, -0.2) is 27.8 Å². The van der Waals surface area contributed by atoms with Crippen molar-refractivity contribution in [2.24, 2.45) is 5.92 Å². The fourth-order valence-electron chi connectivity index (χ4n) is 4.20. The predicted octanol–water partition coefficient (Wildman–Crippen LogP) is 3.31. The van der Waals surface area contributed by atoms with Crippen molar-refractivity contribution in [2.75, 3.05) is 13.1 Å². The lowest BCUT2D eigenvalue weighted by Crippen LogP contribution is -2.37. The summed E-state index contributed by atoms with van der Waals surface area (Å²) in [6, 6.07) is 5.88. The van der Waals surface area contributed by atoms with Crippen molar-refractivity contribution in [1.29, 1.82) is 0 Å². The van der Waals surface area contributed by atoms with E-state index in [1.54, 1.807) is 16.8 Å². The average molecular weight is 373 g/mol. The number of nitrogens with zero attached hydrogens (tertiary/aromatic N) is 3. The number of aryl methyl sites for hydroxylation is 2. The number of fused-ring (bicyclic) bond motifs is 1. The van der Waals surface area contributed by atoms with E-state index >= 15 is 0 Å². The van der Waals surface area contributed by atoms with Crippen LogP contribution < -0.4 is 5.56 Å². The van der Waals surface area contributed by atoms with Crippen LogP contribution in [0.25, 0.3) is 0 Å². The molecule has 6 heteroatoms. The minimum atomic E-state index is -0.805. The third-order valence-corrected chi connectivity index (χ3v) is 5.80. The average Bonchev–Trinajstić information content (AvgIpc) is 2.67. The Bertz CT molecular complexity index is 872. The Kier molecular flexibility index (Phi) is 5.34. The third-order valence-electron chi connectivity index (χ3n) is 5.80. The van der Waals surface area contributed by atoms with Gasteiger partial charge in [-0.3, -0.25) is 9.69 Å². The minimum absolute atomic E-state index is 0.0138. The number of likely N-dealkylation sites (tertiary alicyclic amines) is 1. The van der Waals surface area contributed by atoms with E-state index in [1.807, 2.05) is 0 Å². The van der Waals surface area contributed by atoms with Crippen LogP contribution in [0.3, 0.4) is 0 Å². The molecule has 2 aromatic rings. The van der Waals surface area contributed by atoms with Gasteiger partial charge in [0, 0.05) is 19.2 Å². The molecular weight excluding hydrogens is 348 g/mol. The highest BCUT2D eigenvalue weighted by molar-refractivity contribution is 5.20. The Labute approximate surface area is 157 Å². The zero-order chi connectivity index (χ0) is 18.8. The first-order chi connectivity index (χ1) is 13.1. The number of piperidine rings is 1. The molecule has 1 fully saturated rings. The topological polar surface area (TPSA) is 38.1 Å². The van der Waals surface area contributed by atoms with Crippen LogP contribution in [-0.2, 0) is 25.9 Å². The van der Waals surface area contributed by atoms with Gasteiger partial charge in [-0.05, 0) is 80.8 Å². The van der Waals surface area contributed by atoms with Gasteiger partial charge in [-0.1, -0.05) is 6.07 Å². The molecule has 0 unspecified atom stereocenters. The monoisotopic (exact) mass is 373 g/mol. The van der Waals surface area contributed by atoms with Crippen molar-refractivity contribution in [1.82, 2.24) is 14.7 Å². The summed E-state index contributed by atoms with van der Waals surface area (Å²) in [6.07, 6.45) is 6.21. The quantitative estimate of drug-likeness (QED) is 0.825. The molecule has 27 heavy (non-hydrogen) atoms. The third kappa shape index (κ3) is 4.26. The second kappa shape index (κ2) is 7.89. The summed E-state index contributed by atoms with van der Waals surface area (Å²) in [7, 11) is 0. The van der Waals surface area contributed by atoms with E-state index in [0.717, 1.165) is 68.4 Å². The summed E-state index contributed by atoms with van der Waals surface area (Å²) in [5.41, 5.74) is 3.03. The lowest BCUT2D eigenvalue weighted by molar-refractivity contribution is 0.163. The van der Waals surface area contributed by atoms with Gasteiger partial charge in [0.15, 0.2) is 11.6 Å².